The van der Waals surface area contributed by atoms with Gasteiger partial charge in [0.25, 0.3) is 0 Å². The zero-order valence-electron chi connectivity index (χ0n) is 8.85. The molecule has 1 fully saturated rings. The van der Waals surface area contributed by atoms with Crippen LogP contribution >= 0.6 is 39.0 Å². The quantitative estimate of drug-likeness (QED) is 0.876. The Bertz CT molecular complexity index is 584. The molecule has 1 aliphatic rings. The maximum Gasteiger partial charge on any atom is 0.344 e. The van der Waals surface area contributed by atoms with E-state index in [1.54, 1.807) is 27.7 Å². The van der Waals surface area contributed by atoms with Gasteiger partial charge in [-0.25, -0.2) is 9.89 Å². The average molecular weight is 332 g/mol. The first-order valence-corrected chi connectivity index (χ1v) is 7.93. The predicted octanol–water partition coefficient (Wildman–Crippen LogP) is 3.02. The maximum atomic E-state index is 11.6. The van der Waals surface area contributed by atoms with E-state index >= 15 is 0 Å². The lowest BCUT2D eigenvalue weighted by Crippen LogP contribution is -2.16. The van der Waals surface area contributed by atoms with Crippen LogP contribution in [0.3, 0.4) is 0 Å². The Hall–Kier alpha value is -0.530. The third-order valence-electron chi connectivity index (χ3n) is 2.61. The van der Waals surface area contributed by atoms with Crippen molar-refractivity contribution < 1.29 is 0 Å². The summed E-state index contributed by atoms with van der Waals surface area (Å²) in [6.45, 7) is 0. The Labute approximate surface area is 115 Å². The zero-order valence-corrected chi connectivity index (χ0v) is 12.1. The molecule has 0 atom stereocenters. The van der Waals surface area contributed by atoms with Crippen LogP contribution in [0.5, 0.6) is 0 Å². The first-order chi connectivity index (χ1) is 8.25. The van der Waals surface area contributed by atoms with Crippen molar-refractivity contribution in [3.63, 3.8) is 0 Å². The summed E-state index contributed by atoms with van der Waals surface area (Å²) in [6.07, 6.45) is 2.19. The van der Waals surface area contributed by atoms with Gasteiger partial charge in [0, 0.05) is 21.1 Å². The van der Waals surface area contributed by atoms with E-state index in [0.717, 1.165) is 28.2 Å². The molecule has 0 saturated heterocycles. The SMILES string of the molecule is O=c1[nH]nc(SCc2sccc2Br)n1C1CC1. The first-order valence-electron chi connectivity index (χ1n) is 5.27. The summed E-state index contributed by atoms with van der Waals surface area (Å²) >= 11 is 6.83. The van der Waals surface area contributed by atoms with E-state index < -0.39 is 0 Å². The van der Waals surface area contributed by atoms with Crippen molar-refractivity contribution in [1.82, 2.24) is 14.8 Å². The molecule has 2 aromatic heterocycles. The van der Waals surface area contributed by atoms with Crippen molar-refractivity contribution in [3.05, 3.63) is 31.3 Å². The van der Waals surface area contributed by atoms with E-state index in [4.69, 9.17) is 0 Å². The topological polar surface area (TPSA) is 50.7 Å². The number of hydrogen-bond donors (Lipinski definition) is 1. The summed E-state index contributed by atoms with van der Waals surface area (Å²) < 4.78 is 2.91. The second-order valence-electron chi connectivity index (χ2n) is 3.89. The molecular formula is C10H10BrN3OS2. The minimum atomic E-state index is -0.0831. The third-order valence-corrected chi connectivity index (χ3v) is 5.70. The molecule has 1 N–H and O–H groups in total. The van der Waals surface area contributed by atoms with Crippen molar-refractivity contribution in [2.75, 3.05) is 0 Å². The van der Waals surface area contributed by atoms with Crippen LogP contribution in [0.2, 0.25) is 0 Å². The van der Waals surface area contributed by atoms with Crippen molar-refractivity contribution in [1.29, 1.82) is 0 Å². The van der Waals surface area contributed by atoms with Crippen molar-refractivity contribution in [2.45, 2.75) is 29.8 Å². The number of hydrogen-bond acceptors (Lipinski definition) is 4. The molecule has 3 rings (SSSR count). The molecule has 90 valence electrons. The summed E-state index contributed by atoms with van der Waals surface area (Å²) in [7, 11) is 0. The van der Waals surface area contributed by atoms with Crippen LogP contribution < -0.4 is 5.69 Å². The van der Waals surface area contributed by atoms with Crippen LogP contribution in [0.4, 0.5) is 0 Å². The zero-order chi connectivity index (χ0) is 11.8. The monoisotopic (exact) mass is 331 g/mol. The highest BCUT2D eigenvalue weighted by molar-refractivity contribution is 9.10. The van der Waals surface area contributed by atoms with E-state index in [0.29, 0.717) is 6.04 Å². The van der Waals surface area contributed by atoms with Gasteiger partial charge < -0.3 is 0 Å². The van der Waals surface area contributed by atoms with Crippen LogP contribution in [0.25, 0.3) is 0 Å². The number of H-pyrrole nitrogens is 1. The molecule has 0 aromatic carbocycles. The number of aromatic nitrogens is 3. The summed E-state index contributed by atoms with van der Waals surface area (Å²) in [4.78, 5) is 12.8. The number of nitrogens with one attached hydrogen (secondary N) is 1. The normalized spacial score (nSPS) is 15.4. The lowest BCUT2D eigenvalue weighted by molar-refractivity contribution is 0.642. The Morgan fingerprint density at radius 1 is 1.65 bits per heavy atom. The van der Waals surface area contributed by atoms with E-state index in [1.807, 2.05) is 6.07 Å². The molecule has 0 unspecified atom stereocenters. The second-order valence-corrected chi connectivity index (χ2v) is 6.69. The lowest BCUT2D eigenvalue weighted by atomic mass is 10.5. The summed E-state index contributed by atoms with van der Waals surface area (Å²) in [5, 5.41) is 9.47. The molecule has 1 aliphatic carbocycles. The maximum absolute atomic E-state index is 11.6. The van der Waals surface area contributed by atoms with E-state index in [2.05, 4.69) is 31.5 Å². The Balaban J connectivity index is 1.77. The fourth-order valence-corrected chi connectivity index (χ4v) is 4.41. The fraction of sp³-hybridized carbons (Fsp3) is 0.400. The average Bonchev–Trinajstić information content (AvgIpc) is 2.96. The molecule has 1 saturated carbocycles. The van der Waals surface area contributed by atoms with Gasteiger partial charge in [0.15, 0.2) is 5.16 Å². The smallest absolute Gasteiger partial charge is 0.267 e. The Morgan fingerprint density at radius 2 is 2.47 bits per heavy atom. The first kappa shape index (κ1) is 11.6. The molecule has 7 heteroatoms. The van der Waals surface area contributed by atoms with Crippen LogP contribution in [0.1, 0.15) is 23.8 Å². The minimum absolute atomic E-state index is 0.0831. The third kappa shape index (κ3) is 2.36. The Kier molecular flexibility index (Phi) is 3.14. The summed E-state index contributed by atoms with van der Waals surface area (Å²) in [5.74, 6) is 0.843. The highest BCUT2D eigenvalue weighted by Gasteiger charge is 2.28. The largest absolute Gasteiger partial charge is 0.344 e. The number of rotatable bonds is 4. The van der Waals surface area contributed by atoms with Gasteiger partial charge in [-0.15, -0.1) is 16.4 Å². The minimum Gasteiger partial charge on any atom is -0.267 e. The Morgan fingerprint density at radius 3 is 3.12 bits per heavy atom. The number of thiophene rings is 1. The van der Waals surface area contributed by atoms with Gasteiger partial charge in [0.2, 0.25) is 0 Å². The van der Waals surface area contributed by atoms with Gasteiger partial charge in [0.1, 0.15) is 0 Å². The van der Waals surface area contributed by atoms with E-state index in [-0.39, 0.29) is 5.69 Å². The number of halogens is 1. The molecule has 17 heavy (non-hydrogen) atoms. The molecule has 0 spiro atoms. The van der Waals surface area contributed by atoms with Crippen LogP contribution in [-0.2, 0) is 5.75 Å². The summed E-state index contributed by atoms with van der Waals surface area (Å²) in [5.41, 5.74) is -0.0831. The highest BCUT2D eigenvalue weighted by Crippen LogP contribution is 2.37. The van der Waals surface area contributed by atoms with Crippen molar-refractivity contribution in [2.24, 2.45) is 0 Å². The van der Waals surface area contributed by atoms with Gasteiger partial charge in [-0.3, -0.25) is 4.57 Å². The number of thioether (sulfide) groups is 1. The molecule has 2 aromatic rings. The molecular weight excluding hydrogens is 322 g/mol. The standard InChI is InChI=1S/C10H10BrN3OS2/c11-7-3-4-16-8(7)5-17-10-13-12-9(15)14(10)6-1-2-6/h3-4,6H,1-2,5H2,(H,12,15). The van der Waals surface area contributed by atoms with Gasteiger partial charge >= 0.3 is 5.69 Å². The fourth-order valence-electron chi connectivity index (χ4n) is 1.60. The van der Waals surface area contributed by atoms with E-state index in [9.17, 15) is 4.79 Å². The molecule has 0 amide bonds. The van der Waals surface area contributed by atoms with Gasteiger partial charge in [-0.05, 0) is 40.2 Å². The molecule has 0 bridgehead atoms. The number of aromatic amines is 1. The van der Waals surface area contributed by atoms with Crippen LogP contribution in [0, 0.1) is 0 Å². The molecule has 0 aliphatic heterocycles. The summed E-state index contributed by atoms with van der Waals surface area (Å²) in [6, 6.07) is 2.41. The van der Waals surface area contributed by atoms with Crippen LogP contribution in [0.15, 0.2) is 25.9 Å². The van der Waals surface area contributed by atoms with E-state index in [1.165, 1.54) is 4.88 Å². The van der Waals surface area contributed by atoms with Crippen molar-refractivity contribution >= 4 is 39.0 Å². The second kappa shape index (κ2) is 4.62. The number of nitrogens with zero attached hydrogens (tertiary/aromatic N) is 2. The van der Waals surface area contributed by atoms with Gasteiger partial charge in [-0.1, -0.05) is 11.8 Å². The van der Waals surface area contributed by atoms with Gasteiger partial charge in [-0.2, -0.15) is 0 Å². The molecule has 2 heterocycles. The van der Waals surface area contributed by atoms with Gasteiger partial charge in [0.05, 0.1) is 0 Å². The highest BCUT2D eigenvalue weighted by atomic mass is 79.9. The lowest BCUT2D eigenvalue weighted by Gasteiger charge is -2.02. The van der Waals surface area contributed by atoms with Crippen molar-refractivity contribution in [3.8, 4) is 0 Å². The molecule has 0 radical (unpaired) electrons. The molecule has 4 nitrogen and oxygen atoms in total. The predicted molar refractivity (Wildman–Crippen MR) is 72.7 cm³/mol. The van der Waals surface area contributed by atoms with Crippen LogP contribution in [-0.4, -0.2) is 14.8 Å².